The molecule has 37 nitrogen and oxygen atoms in total. The third kappa shape index (κ3) is 48.6. The molecule has 0 saturated carbocycles. The van der Waals surface area contributed by atoms with Crippen LogP contribution in [0.4, 0.5) is 19.2 Å². The summed E-state index contributed by atoms with van der Waals surface area (Å²) < 4.78 is 44.4. The number of aliphatic hydroxyl groups excluding tert-OH is 1. The van der Waals surface area contributed by atoms with E-state index in [0.29, 0.717) is 80.9 Å². The molecule has 0 aliphatic carbocycles. The Balaban J connectivity index is 0.00000131. The van der Waals surface area contributed by atoms with Gasteiger partial charge in [-0.1, -0.05) is 36.4 Å². The smallest absolute Gasteiger partial charge is 0.410 e. The third-order valence-electron chi connectivity index (χ3n) is 17.3. The fraction of sp³-hybridized carbons (Fsp3) is 0.740. The zero-order valence-corrected chi connectivity index (χ0v) is 75.2. The lowest BCUT2D eigenvalue weighted by molar-refractivity contribution is -0.193. The van der Waals surface area contributed by atoms with Crippen LogP contribution in [0.25, 0.3) is 0 Å². The van der Waals surface area contributed by atoms with E-state index in [4.69, 9.17) is 83.9 Å². The molecular weight excluding hydrogens is 1740 g/mol. The molecule has 2 aromatic heterocycles. The molecule has 2 unspecified atom stereocenters. The maximum absolute atomic E-state index is 11.9. The number of aldehydes is 1. The number of rotatable bonds is 7. The number of aromatic nitrogens is 2. The number of halogens is 3. The van der Waals surface area contributed by atoms with Gasteiger partial charge in [-0.3, -0.25) is 38.8 Å². The van der Waals surface area contributed by atoms with E-state index in [-0.39, 0.29) is 98.1 Å². The first-order valence-electron chi connectivity index (χ1n) is 38.6. The summed E-state index contributed by atoms with van der Waals surface area (Å²) in [6.45, 7) is 44.5. The molecule has 40 heteroatoms. The van der Waals surface area contributed by atoms with Crippen molar-refractivity contribution in [2.24, 2.45) is 22.6 Å². The lowest BCUT2D eigenvalue weighted by Crippen LogP contribution is -2.55. The van der Waals surface area contributed by atoms with Crippen molar-refractivity contribution in [2.75, 3.05) is 112 Å². The van der Waals surface area contributed by atoms with E-state index in [1.807, 2.05) is 96.9 Å². The number of oxazole rings is 2. The third-order valence-corrected chi connectivity index (χ3v) is 19.4. The van der Waals surface area contributed by atoms with E-state index >= 15 is 0 Å². The first-order chi connectivity index (χ1) is 54.7. The van der Waals surface area contributed by atoms with E-state index in [2.05, 4.69) is 82.1 Å². The minimum absolute atomic E-state index is 0.000728. The number of alkyl halides is 1. The Morgan fingerprint density at radius 1 is 0.598 bits per heavy atom. The van der Waals surface area contributed by atoms with Crippen molar-refractivity contribution < 1.29 is 119 Å². The molecule has 0 radical (unpaired) electrons. The Labute approximate surface area is 713 Å². The van der Waals surface area contributed by atoms with Gasteiger partial charge < -0.3 is 72.5 Å². The zero-order valence-electron chi connectivity index (χ0n) is 70.7. The van der Waals surface area contributed by atoms with E-state index in [1.54, 1.807) is 38.3 Å². The second-order valence-electron chi connectivity index (χ2n) is 31.6. The van der Waals surface area contributed by atoms with Gasteiger partial charge in [0.25, 0.3) is 0 Å². The predicted octanol–water partition coefficient (Wildman–Crippen LogP) is 9.47. The number of methoxy groups -OCH3 is 1. The highest BCUT2D eigenvalue weighted by Crippen LogP contribution is 2.31. The Bertz CT molecular complexity index is 3320. The van der Waals surface area contributed by atoms with Gasteiger partial charge in [0.1, 0.15) is 47.3 Å². The van der Waals surface area contributed by atoms with Gasteiger partial charge in [0.15, 0.2) is 18.0 Å². The molecule has 3 N–H and O–H groups in total. The molecule has 12 rings (SSSR count). The Morgan fingerprint density at radius 2 is 0.932 bits per heavy atom. The van der Waals surface area contributed by atoms with Gasteiger partial charge in [-0.2, -0.15) is 33.2 Å². The van der Waals surface area contributed by atoms with E-state index < -0.39 is 34.4 Å². The Morgan fingerprint density at radius 3 is 1.15 bits per heavy atom. The molecule has 0 spiro atoms. The van der Waals surface area contributed by atoms with Crippen LogP contribution in [-0.4, -0.2) is 288 Å². The van der Waals surface area contributed by atoms with Crippen LogP contribution < -0.4 is 5.73 Å². The highest BCUT2D eigenvalue weighted by Gasteiger charge is 2.36. The molecule has 3 atom stereocenters. The standard InChI is InChI=1S/C14H24N2O3.C14H22N2O3.C13H20N2O3.C11H19NO3.C6H12N2.C4H4BrNO2.C4H4ClNO2.C4H9I.C4H9NO3.3CO2/c2*1-10-9-18-12(15-10)11-5-7-16(8-6-11)13(17)19-14(2,3)4;1-13(2,3)18-12(16)15-7-4-10(5-8-15)11-14-6-9-17-11;1-11(2,3)15-10(14)12-6-4-9(8-13)5-7-12;1-2-8-5-3-7(1)4-6-8;2*5-6-3(7)1-2-4(6)8;1-3-4(2)5;1-8-4(7)3(5)2-6;3*2-1-3/h11-12H,5-9H2,1-4H3;9,11H,5-8H2,1-4H3;6,9-10H,4-5,7-8H2,1-3H3;8-9H,4-7H2,1-3H3;1-6H2;2*1-2H2;4H,3H2,1-2H3;3,6H,2,5H2,1H3;;;/t;;;;;;;;3-;;;/m........0.../s1. The second kappa shape index (κ2) is 57.2. The summed E-state index contributed by atoms with van der Waals surface area (Å²) in [7, 11) is 1.22. The molecule has 8 amide bonds. The molecule has 117 heavy (non-hydrogen) atoms. The predicted molar refractivity (Wildman–Crippen MR) is 433 cm³/mol. The molecule has 662 valence electrons. The van der Waals surface area contributed by atoms with Crippen LogP contribution in [0.2, 0.25) is 0 Å². The van der Waals surface area contributed by atoms with Crippen LogP contribution >= 0.6 is 50.5 Å². The van der Waals surface area contributed by atoms with Crippen LogP contribution in [-0.2, 0) is 86.0 Å². The summed E-state index contributed by atoms with van der Waals surface area (Å²) in [5.41, 5.74) is 5.24. The number of aryl methyl sites for hydroxylation is 1. The van der Waals surface area contributed by atoms with Crippen molar-refractivity contribution in [1.82, 2.24) is 47.7 Å². The molecular formula is C77H123BrClIN12O25. The van der Waals surface area contributed by atoms with Crippen molar-refractivity contribution in [3.63, 3.8) is 0 Å². The number of aliphatic imine (C=N–C) groups is 1. The molecule has 10 aliphatic rings. The number of ether oxygens (including phenoxy) is 6. The lowest BCUT2D eigenvalue weighted by Gasteiger charge is -2.41. The number of fused-ring (bicyclic) bond motifs is 3. The number of carbonyl (C=O) groups is 10. The number of piperazine rings is 3. The van der Waals surface area contributed by atoms with E-state index in [0.717, 1.165) is 102 Å². The minimum Gasteiger partial charge on any atom is -0.468 e. The fourth-order valence-electron chi connectivity index (χ4n) is 11.1. The van der Waals surface area contributed by atoms with Crippen molar-refractivity contribution in [2.45, 2.75) is 245 Å². The molecule has 9 fully saturated rings. The summed E-state index contributed by atoms with van der Waals surface area (Å²) >= 11 is 10.4. The molecule has 2 bridgehead atoms. The number of piperidine rings is 4. The van der Waals surface area contributed by atoms with Gasteiger partial charge in [-0.15, -0.1) is 0 Å². The van der Waals surface area contributed by atoms with Gasteiger partial charge in [0.05, 0.1) is 48.4 Å². The van der Waals surface area contributed by atoms with E-state index in [1.165, 1.54) is 52.8 Å². The topological polar surface area (TPSA) is 465 Å². The number of hydrogen-bond acceptors (Lipinski definition) is 31. The number of imide groups is 2. The number of nitrogens with two attached hydrogens (primary N) is 1. The average Bonchev–Trinajstić information content (AvgIpc) is 1.61. The van der Waals surface area contributed by atoms with Crippen molar-refractivity contribution in [3.05, 3.63) is 36.2 Å². The van der Waals surface area contributed by atoms with E-state index in [9.17, 15) is 47.9 Å². The van der Waals surface area contributed by atoms with Gasteiger partial charge >= 0.3 is 48.8 Å². The van der Waals surface area contributed by atoms with Gasteiger partial charge in [-0.25, -0.2) is 33.1 Å². The Hall–Kier alpha value is -7.97. The van der Waals surface area contributed by atoms with Gasteiger partial charge in [0, 0.05) is 162 Å². The van der Waals surface area contributed by atoms with Crippen LogP contribution in [0.3, 0.4) is 0 Å². The van der Waals surface area contributed by atoms with Crippen LogP contribution in [0.5, 0.6) is 0 Å². The first-order valence-corrected chi connectivity index (χ1v) is 40.9. The molecule has 0 aromatic carbocycles. The second-order valence-corrected chi connectivity index (χ2v) is 34.7. The van der Waals surface area contributed by atoms with Gasteiger partial charge in [0.2, 0.25) is 23.6 Å². The monoisotopic (exact) mass is 1860 g/mol. The maximum Gasteiger partial charge on any atom is 0.410 e. The minimum atomic E-state index is -0.889. The maximum atomic E-state index is 11.9. The molecule has 12 heterocycles. The van der Waals surface area contributed by atoms with Crippen LogP contribution in [0, 0.1) is 18.8 Å². The highest BCUT2D eigenvalue weighted by molar-refractivity contribution is 14.1. The van der Waals surface area contributed by atoms with Crippen LogP contribution in [0.15, 0.2) is 32.5 Å². The summed E-state index contributed by atoms with van der Waals surface area (Å²) in [6.07, 6.45) is 15.1. The molecule has 9 saturated heterocycles. The first kappa shape index (κ1) is 109. The summed E-state index contributed by atoms with van der Waals surface area (Å²) in [4.78, 5) is 184. The highest BCUT2D eigenvalue weighted by atomic mass is 127. The molecule has 2 aromatic rings. The fourth-order valence-corrected chi connectivity index (χ4v) is 11.6. The zero-order chi connectivity index (χ0) is 89.4. The normalized spacial score (nSPS) is 19.7. The van der Waals surface area contributed by atoms with Crippen molar-refractivity contribution in [1.29, 1.82) is 0 Å². The number of nitrogens with zero attached hydrogens (tertiary/aromatic N) is 11. The number of hydrogen-bond donors (Lipinski definition) is 2. The lowest BCUT2D eigenvalue weighted by atomic mass is 9.95. The SMILES string of the molecule is C1CN2CCN1CC2.CC(C)(C)OC(=O)N1CCC(C=O)CC1.CC(C)(C)OC(=O)N1CCC(c2ncco2)CC1.CC1=NC(C2CCN(C(=O)OC(C)(C)C)CC2)OC1.CCC(C)I.COC(=O)[C@@H](N)CO.Cc1coc(C2CCN(C(=O)OC(C)(C)C)CC2)n1.O=C1CCC(=O)N1Br.O=C1CCC(=O)N1Cl.O=C=O.O=C=O.O=C=O. The van der Waals surface area contributed by atoms with Crippen LogP contribution in [0.1, 0.15) is 217 Å². The summed E-state index contributed by atoms with van der Waals surface area (Å²) in [6, 6.07) is -0.889. The van der Waals surface area contributed by atoms with Crippen molar-refractivity contribution in [3.8, 4) is 0 Å². The summed E-state index contributed by atoms with van der Waals surface area (Å²) in [5, 5.41) is 8.21. The number of esters is 1. The summed E-state index contributed by atoms with van der Waals surface area (Å²) in [5.74, 6) is 1.27. The number of aliphatic hydroxyl groups is 1. The largest absolute Gasteiger partial charge is 0.468 e. The van der Waals surface area contributed by atoms with Gasteiger partial charge in [-0.05, 0) is 155 Å². The Kier molecular flexibility index (Phi) is 53.3. The average molecular weight is 1860 g/mol. The number of carbonyl (C=O) groups excluding carboxylic acids is 16. The number of likely N-dealkylation sites (tertiary alicyclic amines) is 4. The number of amides is 8. The molecule has 10 aliphatic heterocycles. The quantitative estimate of drug-likeness (QED) is 0.0495. The van der Waals surface area contributed by atoms with Crippen molar-refractivity contribution >= 4 is 135 Å².